The average Bonchev–Trinajstić information content (AvgIpc) is 3.11. The zero-order valence-corrected chi connectivity index (χ0v) is 14.9. The van der Waals surface area contributed by atoms with Gasteiger partial charge in [0, 0.05) is 22.6 Å². The molecule has 1 N–H and O–H groups in total. The Labute approximate surface area is 149 Å². The van der Waals surface area contributed by atoms with E-state index in [0.717, 1.165) is 16.3 Å². The lowest BCUT2D eigenvalue weighted by Gasteiger charge is -2.12. The summed E-state index contributed by atoms with van der Waals surface area (Å²) in [7, 11) is 0. The van der Waals surface area contributed by atoms with Gasteiger partial charge in [0.05, 0.1) is 16.8 Å². The fourth-order valence-electron chi connectivity index (χ4n) is 1.75. The largest absolute Gasteiger partial charge is 0.449 e. The molecular formula is C17H18N2O3S2. The van der Waals surface area contributed by atoms with E-state index in [2.05, 4.69) is 16.9 Å². The molecular weight excluding hydrogens is 344 g/mol. The molecule has 2 aromatic rings. The maximum Gasteiger partial charge on any atom is 0.338 e. The molecule has 0 fully saturated rings. The molecule has 2 rings (SSSR count). The normalized spacial score (nSPS) is 11.5. The molecule has 1 aromatic carbocycles. The first-order valence-corrected chi connectivity index (χ1v) is 9.22. The number of ether oxygens (including phenoxy) is 1. The summed E-state index contributed by atoms with van der Waals surface area (Å²) < 4.78 is 5.15. The number of rotatable bonds is 8. The van der Waals surface area contributed by atoms with Crippen LogP contribution in [-0.2, 0) is 15.3 Å². The summed E-state index contributed by atoms with van der Waals surface area (Å²) in [4.78, 5) is 29.0. The number of carbonyl (C=O) groups is 2. The van der Waals surface area contributed by atoms with Crippen LogP contribution in [-0.4, -0.2) is 29.5 Å². The molecule has 0 saturated heterocycles. The lowest BCUT2D eigenvalue weighted by molar-refractivity contribution is -0.128. The lowest BCUT2D eigenvalue weighted by Crippen LogP contribution is -2.35. The van der Waals surface area contributed by atoms with Crippen LogP contribution in [0.1, 0.15) is 23.0 Å². The molecule has 1 atom stereocenters. The Morgan fingerprint density at radius 3 is 2.79 bits per heavy atom. The highest BCUT2D eigenvalue weighted by Gasteiger charge is 2.18. The molecule has 0 saturated carbocycles. The molecule has 0 spiro atoms. The Bertz CT molecular complexity index is 684. The molecule has 7 heteroatoms. The standard InChI is InChI=1S/C17H18N2O3S2/c1-3-8-18-16(20)12(2)22-17(21)13-4-6-15(7-5-13)24-10-14-9-23-11-19-14/h3-7,9,11-12H,1,8,10H2,2H3,(H,18,20). The van der Waals surface area contributed by atoms with Crippen LogP contribution >= 0.6 is 23.1 Å². The van der Waals surface area contributed by atoms with Gasteiger partial charge in [-0.1, -0.05) is 6.08 Å². The Morgan fingerprint density at radius 1 is 1.42 bits per heavy atom. The molecule has 0 aliphatic rings. The van der Waals surface area contributed by atoms with Crippen molar-refractivity contribution in [2.45, 2.75) is 23.7 Å². The highest BCUT2D eigenvalue weighted by Crippen LogP contribution is 2.23. The van der Waals surface area contributed by atoms with Crippen LogP contribution in [0, 0.1) is 0 Å². The van der Waals surface area contributed by atoms with Gasteiger partial charge in [0.2, 0.25) is 0 Å². The second-order valence-corrected chi connectivity index (χ2v) is 6.64. The predicted molar refractivity (Wildman–Crippen MR) is 96.2 cm³/mol. The van der Waals surface area contributed by atoms with Crippen molar-refractivity contribution in [1.82, 2.24) is 10.3 Å². The number of hydrogen-bond acceptors (Lipinski definition) is 6. The first kappa shape index (κ1) is 18.2. The van der Waals surface area contributed by atoms with E-state index in [9.17, 15) is 9.59 Å². The summed E-state index contributed by atoms with van der Waals surface area (Å²) in [6.07, 6.45) is 0.713. The Morgan fingerprint density at radius 2 is 2.17 bits per heavy atom. The van der Waals surface area contributed by atoms with E-state index in [1.54, 1.807) is 46.8 Å². The summed E-state index contributed by atoms with van der Waals surface area (Å²) >= 11 is 3.22. The van der Waals surface area contributed by atoms with Crippen LogP contribution in [0.25, 0.3) is 0 Å². The summed E-state index contributed by atoms with van der Waals surface area (Å²) in [5.41, 5.74) is 3.26. The molecule has 0 aliphatic carbocycles. The molecule has 24 heavy (non-hydrogen) atoms. The zero-order valence-electron chi connectivity index (χ0n) is 13.2. The number of carbonyl (C=O) groups excluding carboxylic acids is 2. The van der Waals surface area contributed by atoms with Crippen molar-refractivity contribution in [3.63, 3.8) is 0 Å². The van der Waals surface area contributed by atoms with Crippen molar-refractivity contribution >= 4 is 35.0 Å². The van der Waals surface area contributed by atoms with Gasteiger partial charge < -0.3 is 10.1 Å². The highest BCUT2D eigenvalue weighted by atomic mass is 32.2. The monoisotopic (exact) mass is 362 g/mol. The minimum absolute atomic E-state index is 0.339. The smallest absolute Gasteiger partial charge is 0.338 e. The van der Waals surface area contributed by atoms with Crippen molar-refractivity contribution < 1.29 is 14.3 Å². The lowest BCUT2D eigenvalue weighted by atomic mass is 10.2. The maximum atomic E-state index is 12.1. The van der Waals surface area contributed by atoms with E-state index in [-0.39, 0.29) is 5.91 Å². The molecule has 0 bridgehead atoms. The van der Waals surface area contributed by atoms with Crippen LogP contribution in [0.15, 0.2) is 52.7 Å². The van der Waals surface area contributed by atoms with Gasteiger partial charge in [0.25, 0.3) is 5.91 Å². The fraction of sp³-hybridized carbons (Fsp3) is 0.235. The van der Waals surface area contributed by atoms with Gasteiger partial charge in [0.1, 0.15) is 0 Å². The van der Waals surface area contributed by atoms with Gasteiger partial charge in [-0.05, 0) is 31.2 Å². The van der Waals surface area contributed by atoms with Crippen LogP contribution < -0.4 is 5.32 Å². The number of nitrogens with one attached hydrogen (secondary N) is 1. The van der Waals surface area contributed by atoms with E-state index in [1.165, 1.54) is 6.92 Å². The third-order valence-electron chi connectivity index (χ3n) is 3.03. The van der Waals surface area contributed by atoms with Crippen LogP contribution in [0.5, 0.6) is 0 Å². The number of esters is 1. The summed E-state index contributed by atoms with van der Waals surface area (Å²) in [5, 5.41) is 4.60. The number of thiazole rings is 1. The summed E-state index contributed by atoms with van der Waals surface area (Å²) in [5.74, 6) is -0.0839. The molecule has 5 nitrogen and oxygen atoms in total. The molecule has 1 amide bonds. The van der Waals surface area contributed by atoms with E-state index >= 15 is 0 Å². The van der Waals surface area contributed by atoms with Crippen molar-refractivity contribution in [3.8, 4) is 0 Å². The Balaban J connectivity index is 1.86. The SMILES string of the molecule is C=CCNC(=O)C(C)OC(=O)c1ccc(SCc2cscn2)cc1. The molecule has 126 valence electrons. The Kier molecular flexibility index (Phi) is 7.02. The average molecular weight is 362 g/mol. The van der Waals surface area contributed by atoms with Crippen molar-refractivity contribution in [2.24, 2.45) is 0 Å². The molecule has 1 heterocycles. The number of amides is 1. The van der Waals surface area contributed by atoms with Gasteiger partial charge in [0.15, 0.2) is 6.10 Å². The second-order valence-electron chi connectivity index (χ2n) is 4.87. The third kappa shape index (κ3) is 5.50. The van der Waals surface area contributed by atoms with E-state index in [0.29, 0.717) is 12.1 Å². The van der Waals surface area contributed by atoms with E-state index in [4.69, 9.17) is 4.74 Å². The Hall–Kier alpha value is -2.12. The van der Waals surface area contributed by atoms with Crippen LogP contribution in [0.2, 0.25) is 0 Å². The number of thioether (sulfide) groups is 1. The molecule has 1 aromatic heterocycles. The van der Waals surface area contributed by atoms with Gasteiger partial charge in [-0.15, -0.1) is 29.7 Å². The summed E-state index contributed by atoms with van der Waals surface area (Å²) in [6.45, 7) is 5.39. The van der Waals surface area contributed by atoms with Gasteiger partial charge >= 0.3 is 5.97 Å². The van der Waals surface area contributed by atoms with Crippen molar-refractivity contribution in [3.05, 3.63) is 59.1 Å². The zero-order chi connectivity index (χ0) is 17.4. The molecule has 1 unspecified atom stereocenters. The number of benzene rings is 1. The van der Waals surface area contributed by atoms with Gasteiger partial charge in [-0.2, -0.15) is 0 Å². The second kappa shape index (κ2) is 9.24. The number of hydrogen-bond donors (Lipinski definition) is 1. The predicted octanol–water partition coefficient (Wildman–Crippen LogP) is 3.28. The van der Waals surface area contributed by atoms with Gasteiger partial charge in [-0.25, -0.2) is 9.78 Å². The van der Waals surface area contributed by atoms with Crippen molar-refractivity contribution in [2.75, 3.05) is 6.54 Å². The van der Waals surface area contributed by atoms with Crippen LogP contribution in [0.4, 0.5) is 0 Å². The first-order chi connectivity index (χ1) is 11.6. The fourth-order valence-corrected chi connectivity index (χ4v) is 3.22. The van der Waals surface area contributed by atoms with E-state index < -0.39 is 12.1 Å². The number of nitrogens with zero attached hydrogens (tertiary/aromatic N) is 1. The minimum atomic E-state index is -0.851. The van der Waals surface area contributed by atoms with Crippen LogP contribution in [0.3, 0.4) is 0 Å². The quantitative estimate of drug-likeness (QED) is 0.443. The third-order valence-corrected chi connectivity index (χ3v) is 4.71. The van der Waals surface area contributed by atoms with Crippen molar-refractivity contribution in [1.29, 1.82) is 0 Å². The van der Waals surface area contributed by atoms with E-state index in [1.807, 2.05) is 17.5 Å². The maximum absolute atomic E-state index is 12.1. The molecule has 0 radical (unpaired) electrons. The molecule has 0 aliphatic heterocycles. The summed E-state index contributed by atoms with van der Waals surface area (Å²) in [6, 6.07) is 7.10. The number of aromatic nitrogens is 1. The first-order valence-electron chi connectivity index (χ1n) is 7.29. The van der Waals surface area contributed by atoms with Gasteiger partial charge in [-0.3, -0.25) is 4.79 Å². The highest BCUT2D eigenvalue weighted by molar-refractivity contribution is 7.98. The minimum Gasteiger partial charge on any atom is -0.449 e. The topological polar surface area (TPSA) is 68.3 Å².